The standard InChI is InChI=1S/C26H37N3O4/c1-6-8-17-11-12-19-22(21(17)24(31)27-5)26(33)29(18(7-2)14-30)23(19)25(32)28-20-13-15(3)9-10-16(20)4/h9-13,17-19,21-23,30H,6-8,14H2,1-5H3,(H,27,31)(H,28,32)/t17-,18+,19+,21-,22+,23+/m1/s1. The fraction of sp³-hybridized carbons (Fsp3) is 0.577. The second-order valence-electron chi connectivity index (χ2n) is 9.32. The molecule has 0 spiro atoms. The predicted molar refractivity (Wildman–Crippen MR) is 128 cm³/mol. The van der Waals surface area contributed by atoms with Gasteiger partial charge in [-0.1, -0.05) is 44.6 Å². The second kappa shape index (κ2) is 10.5. The van der Waals surface area contributed by atoms with Gasteiger partial charge in [-0.25, -0.2) is 0 Å². The van der Waals surface area contributed by atoms with Crippen LogP contribution in [0.2, 0.25) is 0 Å². The molecule has 0 unspecified atom stereocenters. The van der Waals surface area contributed by atoms with Gasteiger partial charge in [0.25, 0.3) is 0 Å². The highest BCUT2D eigenvalue weighted by Crippen LogP contribution is 2.46. The number of carbonyl (C=O) groups excluding carboxylic acids is 3. The summed E-state index contributed by atoms with van der Waals surface area (Å²) in [4.78, 5) is 41.9. The van der Waals surface area contributed by atoms with E-state index in [1.807, 2.05) is 51.1 Å². The van der Waals surface area contributed by atoms with Crippen LogP contribution in [0.15, 0.2) is 30.4 Å². The minimum Gasteiger partial charge on any atom is -0.394 e. The number of likely N-dealkylation sites (tertiary alicyclic amines) is 1. The highest BCUT2D eigenvalue weighted by Gasteiger charge is 2.58. The molecule has 1 heterocycles. The molecular weight excluding hydrogens is 418 g/mol. The smallest absolute Gasteiger partial charge is 0.247 e. The van der Waals surface area contributed by atoms with Gasteiger partial charge in [-0.2, -0.15) is 0 Å². The molecule has 6 atom stereocenters. The Kier molecular flexibility index (Phi) is 7.95. The first kappa shape index (κ1) is 25.0. The van der Waals surface area contributed by atoms with Gasteiger partial charge in [0.05, 0.1) is 24.5 Å². The van der Waals surface area contributed by atoms with Crippen LogP contribution in [-0.4, -0.2) is 53.5 Å². The third kappa shape index (κ3) is 4.69. The average molecular weight is 456 g/mol. The van der Waals surface area contributed by atoms with Crippen LogP contribution in [0.25, 0.3) is 0 Å². The molecule has 3 rings (SSSR count). The van der Waals surface area contributed by atoms with E-state index in [0.29, 0.717) is 12.1 Å². The Bertz CT molecular complexity index is 924. The molecule has 0 aromatic heterocycles. The Morgan fingerprint density at radius 2 is 1.88 bits per heavy atom. The maximum Gasteiger partial charge on any atom is 0.247 e. The van der Waals surface area contributed by atoms with Gasteiger partial charge < -0.3 is 20.6 Å². The van der Waals surface area contributed by atoms with Gasteiger partial charge >= 0.3 is 0 Å². The maximum atomic E-state index is 13.8. The molecule has 1 aliphatic carbocycles. The Balaban J connectivity index is 2.05. The molecule has 1 saturated heterocycles. The van der Waals surface area contributed by atoms with E-state index in [0.717, 1.165) is 24.0 Å². The van der Waals surface area contributed by atoms with Gasteiger partial charge in [0, 0.05) is 18.7 Å². The van der Waals surface area contributed by atoms with E-state index in [-0.39, 0.29) is 30.2 Å². The van der Waals surface area contributed by atoms with Gasteiger partial charge in [-0.3, -0.25) is 14.4 Å². The summed E-state index contributed by atoms with van der Waals surface area (Å²) in [6.07, 6.45) is 6.17. The van der Waals surface area contributed by atoms with Crippen LogP contribution in [0.5, 0.6) is 0 Å². The lowest BCUT2D eigenvalue weighted by Crippen LogP contribution is -2.50. The van der Waals surface area contributed by atoms with Crippen molar-refractivity contribution in [1.29, 1.82) is 0 Å². The highest BCUT2D eigenvalue weighted by molar-refractivity contribution is 6.02. The molecule has 0 saturated carbocycles. The summed E-state index contributed by atoms with van der Waals surface area (Å²) in [5.74, 6) is -2.33. The van der Waals surface area contributed by atoms with Crippen LogP contribution < -0.4 is 10.6 Å². The number of carbonyl (C=O) groups is 3. The average Bonchev–Trinajstić information content (AvgIpc) is 3.09. The van der Waals surface area contributed by atoms with E-state index in [2.05, 4.69) is 17.6 Å². The Morgan fingerprint density at radius 3 is 2.48 bits per heavy atom. The summed E-state index contributed by atoms with van der Waals surface area (Å²) in [5.41, 5.74) is 2.66. The number of hydrogen-bond donors (Lipinski definition) is 3. The van der Waals surface area contributed by atoms with E-state index >= 15 is 0 Å². The first-order valence-corrected chi connectivity index (χ1v) is 12.0. The molecule has 7 nitrogen and oxygen atoms in total. The maximum absolute atomic E-state index is 13.8. The number of aliphatic hydroxyl groups excluding tert-OH is 1. The summed E-state index contributed by atoms with van der Waals surface area (Å²) in [6, 6.07) is 4.57. The molecule has 1 aromatic rings. The van der Waals surface area contributed by atoms with Gasteiger partial charge in [-0.05, 0) is 49.8 Å². The molecule has 3 amide bonds. The van der Waals surface area contributed by atoms with Crippen molar-refractivity contribution in [2.75, 3.05) is 19.0 Å². The van der Waals surface area contributed by atoms with Crippen LogP contribution in [0.1, 0.15) is 44.2 Å². The van der Waals surface area contributed by atoms with E-state index in [1.165, 1.54) is 0 Å². The van der Waals surface area contributed by atoms with Gasteiger partial charge in [0.2, 0.25) is 17.7 Å². The van der Waals surface area contributed by atoms with Crippen LogP contribution in [0, 0.1) is 37.5 Å². The van der Waals surface area contributed by atoms with Crippen molar-refractivity contribution in [2.24, 2.45) is 23.7 Å². The summed E-state index contributed by atoms with van der Waals surface area (Å²) < 4.78 is 0. The minimum atomic E-state index is -0.787. The third-order valence-corrected chi connectivity index (χ3v) is 7.21. The number of fused-ring (bicyclic) bond motifs is 1. The van der Waals surface area contributed by atoms with Crippen molar-refractivity contribution in [3.63, 3.8) is 0 Å². The second-order valence-corrected chi connectivity index (χ2v) is 9.32. The van der Waals surface area contributed by atoms with Crippen LogP contribution >= 0.6 is 0 Å². The number of benzene rings is 1. The Hall–Kier alpha value is -2.67. The summed E-state index contributed by atoms with van der Waals surface area (Å²) >= 11 is 0. The molecule has 1 fully saturated rings. The van der Waals surface area contributed by atoms with Crippen molar-refractivity contribution in [3.05, 3.63) is 41.5 Å². The molecule has 0 bridgehead atoms. The molecule has 0 radical (unpaired) electrons. The zero-order chi connectivity index (χ0) is 24.3. The SMILES string of the molecule is CCC[C@@H]1C=C[C@H]2[C@H](C(=O)N([C@@H](CC)CO)[C@@H]2C(=O)Nc2cc(C)ccc2C)[C@@H]1C(=O)NC. The number of rotatable bonds is 8. The van der Waals surface area contributed by atoms with Crippen molar-refractivity contribution >= 4 is 23.4 Å². The van der Waals surface area contributed by atoms with Crippen LogP contribution in [-0.2, 0) is 14.4 Å². The van der Waals surface area contributed by atoms with E-state index in [1.54, 1.807) is 11.9 Å². The summed E-state index contributed by atoms with van der Waals surface area (Å²) in [7, 11) is 1.59. The number of anilines is 1. The van der Waals surface area contributed by atoms with Crippen LogP contribution in [0.4, 0.5) is 5.69 Å². The topological polar surface area (TPSA) is 98.7 Å². The number of aliphatic hydroxyl groups is 1. The van der Waals surface area contributed by atoms with Crippen molar-refractivity contribution in [2.45, 2.75) is 59.0 Å². The normalized spacial score (nSPS) is 27.3. The van der Waals surface area contributed by atoms with E-state index in [9.17, 15) is 19.5 Å². The van der Waals surface area contributed by atoms with Crippen molar-refractivity contribution in [1.82, 2.24) is 10.2 Å². The van der Waals surface area contributed by atoms with Crippen LogP contribution in [0.3, 0.4) is 0 Å². The summed E-state index contributed by atoms with van der Waals surface area (Å²) in [5, 5.41) is 15.8. The molecule has 7 heteroatoms. The summed E-state index contributed by atoms with van der Waals surface area (Å²) in [6.45, 7) is 7.60. The Labute approximate surface area is 196 Å². The third-order valence-electron chi connectivity index (χ3n) is 7.21. The number of hydrogen-bond acceptors (Lipinski definition) is 4. The molecule has 2 aliphatic rings. The van der Waals surface area contributed by atoms with Gasteiger partial charge in [0.15, 0.2) is 0 Å². The molecule has 33 heavy (non-hydrogen) atoms. The first-order valence-electron chi connectivity index (χ1n) is 12.0. The predicted octanol–water partition coefficient (Wildman–Crippen LogP) is 2.80. The zero-order valence-electron chi connectivity index (χ0n) is 20.3. The zero-order valence-corrected chi connectivity index (χ0v) is 20.3. The monoisotopic (exact) mass is 455 g/mol. The fourth-order valence-electron chi connectivity index (χ4n) is 5.46. The largest absolute Gasteiger partial charge is 0.394 e. The molecule has 180 valence electrons. The number of allylic oxidation sites excluding steroid dienone is 1. The minimum absolute atomic E-state index is 0.0583. The highest BCUT2D eigenvalue weighted by atomic mass is 16.3. The van der Waals surface area contributed by atoms with Crippen molar-refractivity contribution < 1.29 is 19.5 Å². The lowest BCUT2D eigenvalue weighted by Gasteiger charge is -2.34. The number of nitrogens with zero attached hydrogens (tertiary/aromatic N) is 1. The lowest BCUT2D eigenvalue weighted by molar-refractivity contribution is -0.142. The van der Waals surface area contributed by atoms with Gasteiger partial charge in [-0.15, -0.1) is 0 Å². The Morgan fingerprint density at radius 1 is 1.15 bits per heavy atom. The lowest BCUT2D eigenvalue weighted by atomic mass is 9.68. The fourth-order valence-corrected chi connectivity index (χ4v) is 5.46. The quantitative estimate of drug-likeness (QED) is 0.525. The van der Waals surface area contributed by atoms with E-state index < -0.39 is 29.8 Å². The molecular formula is C26H37N3O4. The first-order chi connectivity index (χ1) is 15.8. The van der Waals surface area contributed by atoms with E-state index in [4.69, 9.17) is 0 Å². The number of nitrogens with one attached hydrogen (secondary N) is 2. The molecule has 3 N–H and O–H groups in total. The molecule has 1 aliphatic heterocycles. The van der Waals surface area contributed by atoms with Gasteiger partial charge in [0.1, 0.15) is 6.04 Å². The number of amides is 3. The molecule has 1 aromatic carbocycles. The number of aryl methyl sites for hydroxylation is 2. The van der Waals surface area contributed by atoms with Crippen molar-refractivity contribution in [3.8, 4) is 0 Å².